The van der Waals surface area contributed by atoms with Crippen LogP contribution in [0.1, 0.15) is 6.42 Å². The maximum absolute atomic E-state index is 13.0. The van der Waals surface area contributed by atoms with Crippen molar-refractivity contribution < 1.29 is 13.2 Å². The summed E-state index contributed by atoms with van der Waals surface area (Å²) in [4.78, 5) is 4.05. The number of benzene rings is 1. The first-order valence-electron chi connectivity index (χ1n) is 9.01. The van der Waals surface area contributed by atoms with E-state index < -0.39 is 10.0 Å². The normalized spacial score (nSPS) is 26.5. The van der Waals surface area contributed by atoms with Gasteiger partial charge in [0.1, 0.15) is 0 Å². The standard InChI is InChI=1S/C18H23ClN4O3S/c1-22-10-18(20-12-22)27(24,25)23-8-16(13-5-6-26-11-13)17(9-23)21-15-4-2-3-14(19)7-15/h2-4,7,10,12-13,16-17,21H,5-6,8-9,11H2,1H3. The molecule has 1 N–H and O–H groups in total. The number of anilines is 1. The summed E-state index contributed by atoms with van der Waals surface area (Å²) >= 11 is 6.10. The Kier molecular flexibility index (Phi) is 5.15. The van der Waals surface area contributed by atoms with Crippen LogP contribution in [-0.4, -0.2) is 54.6 Å². The zero-order chi connectivity index (χ0) is 19.0. The van der Waals surface area contributed by atoms with Crippen LogP contribution in [0.25, 0.3) is 0 Å². The molecule has 3 atom stereocenters. The number of ether oxygens (including phenoxy) is 1. The zero-order valence-electron chi connectivity index (χ0n) is 15.1. The molecule has 27 heavy (non-hydrogen) atoms. The predicted molar refractivity (Wildman–Crippen MR) is 103 cm³/mol. The lowest BCUT2D eigenvalue weighted by Crippen LogP contribution is -2.33. The van der Waals surface area contributed by atoms with Crippen LogP contribution in [0.15, 0.2) is 41.8 Å². The minimum atomic E-state index is -3.62. The second-order valence-corrected chi connectivity index (χ2v) is 9.57. The lowest BCUT2D eigenvalue weighted by molar-refractivity contribution is 0.172. The number of rotatable bonds is 5. The van der Waals surface area contributed by atoms with Gasteiger partial charge < -0.3 is 14.6 Å². The third-order valence-corrected chi connectivity index (χ3v) is 7.32. The zero-order valence-corrected chi connectivity index (χ0v) is 16.7. The maximum atomic E-state index is 13.0. The molecule has 0 aliphatic carbocycles. The molecule has 1 aromatic heterocycles. The van der Waals surface area contributed by atoms with Crippen molar-refractivity contribution in [1.82, 2.24) is 13.9 Å². The molecule has 3 unspecified atom stereocenters. The van der Waals surface area contributed by atoms with Crippen LogP contribution in [0.2, 0.25) is 5.02 Å². The summed E-state index contributed by atoms with van der Waals surface area (Å²) in [6, 6.07) is 7.51. The highest BCUT2D eigenvalue weighted by Crippen LogP contribution is 2.34. The van der Waals surface area contributed by atoms with E-state index in [0.717, 1.165) is 18.7 Å². The quantitative estimate of drug-likeness (QED) is 0.817. The molecule has 1 aromatic carbocycles. The van der Waals surface area contributed by atoms with Crippen molar-refractivity contribution >= 4 is 27.3 Å². The summed E-state index contributed by atoms with van der Waals surface area (Å²) in [5.74, 6) is 0.510. The lowest BCUT2D eigenvalue weighted by Gasteiger charge is -2.25. The summed E-state index contributed by atoms with van der Waals surface area (Å²) < 4.78 is 34.8. The Morgan fingerprint density at radius 3 is 2.85 bits per heavy atom. The Bertz CT molecular complexity index is 911. The van der Waals surface area contributed by atoms with Gasteiger partial charge in [0.15, 0.2) is 5.03 Å². The van der Waals surface area contributed by atoms with Crippen molar-refractivity contribution in [3.63, 3.8) is 0 Å². The number of sulfonamides is 1. The number of hydrogen-bond acceptors (Lipinski definition) is 5. The molecule has 0 amide bonds. The third kappa shape index (κ3) is 3.85. The first-order chi connectivity index (χ1) is 12.9. The summed E-state index contributed by atoms with van der Waals surface area (Å²) in [7, 11) is -1.86. The maximum Gasteiger partial charge on any atom is 0.262 e. The number of aryl methyl sites for hydroxylation is 1. The Labute approximate surface area is 164 Å². The van der Waals surface area contributed by atoms with Gasteiger partial charge in [-0.05, 0) is 36.5 Å². The number of halogens is 1. The largest absolute Gasteiger partial charge is 0.381 e. The molecule has 4 rings (SSSR count). The fourth-order valence-corrected chi connectivity index (χ4v) is 5.62. The number of nitrogens with one attached hydrogen (secondary N) is 1. The molecule has 146 valence electrons. The second-order valence-electron chi connectivity index (χ2n) is 7.25. The van der Waals surface area contributed by atoms with Gasteiger partial charge >= 0.3 is 0 Å². The van der Waals surface area contributed by atoms with Gasteiger partial charge in [-0.15, -0.1) is 0 Å². The highest BCUT2D eigenvalue weighted by Gasteiger charge is 2.44. The van der Waals surface area contributed by atoms with E-state index in [9.17, 15) is 8.42 Å². The second kappa shape index (κ2) is 7.43. The van der Waals surface area contributed by atoms with Crippen LogP contribution < -0.4 is 5.32 Å². The van der Waals surface area contributed by atoms with Crippen LogP contribution in [0.3, 0.4) is 0 Å². The van der Waals surface area contributed by atoms with Crippen LogP contribution in [0.4, 0.5) is 5.69 Å². The molecule has 0 spiro atoms. The van der Waals surface area contributed by atoms with E-state index in [2.05, 4.69) is 10.3 Å². The van der Waals surface area contributed by atoms with Crippen LogP contribution >= 0.6 is 11.6 Å². The number of hydrogen-bond donors (Lipinski definition) is 1. The Morgan fingerprint density at radius 2 is 2.19 bits per heavy atom. The fourth-order valence-electron chi connectivity index (χ4n) is 3.96. The molecule has 2 aliphatic rings. The van der Waals surface area contributed by atoms with E-state index in [1.54, 1.807) is 22.1 Å². The summed E-state index contributed by atoms with van der Waals surface area (Å²) in [5.41, 5.74) is 0.897. The molecule has 2 fully saturated rings. The molecular weight excluding hydrogens is 388 g/mol. The van der Waals surface area contributed by atoms with E-state index in [4.69, 9.17) is 16.3 Å². The first-order valence-corrected chi connectivity index (χ1v) is 10.8. The van der Waals surface area contributed by atoms with Gasteiger partial charge in [-0.25, -0.2) is 13.4 Å². The smallest absolute Gasteiger partial charge is 0.262 e. The van der Waals surface area contributed by atoms with Gasteiger partial charge in [0.2, 0.25) is 0 Å². The summed E-state index contributed by atoms with van der Waals surface area (Å²) in [5, 5.41) is 4.24. The van der Waals surface area contributed by atoms with Crippen LogP contribution in [0, 0.1) is 11.8 Å². The molecule has 2 aliphatic heterocycles. The molecule has 3 heterocycles. The van der Waals surface area contributed by atoms with E-state index >= 15 is 0 Å². The molecule has 0 saturated carbocycles. The Morgan fingerprint density at radius 1 is 1.33 bits per heavy atom. The highest BCUT2D eigenvalue weighted by atomic mass is 35.5. The van der Waals surface area contributed by atoms with Gasteiger partial charge in [0.05, 0.1) is 6.33 Å². The molecule has 0 radical (unpaired) electrons. The predicted octanol–water partition coefficient (Wildman–Crippen LogP) is 2.21. The lowest BCUT2D eigenvalue weighted by atomic mass is 9.87. The minimum Gasteiger partial charge on any atom is -0.381 e. The van der Waals surface area contributed by atoms with E-state index in [-0.39, 0.29) is 17.0 Å². The molecule has 2 saturated heterocycles. The van der Waals surface area contributed by atoms with Gasteiger partial charge in [0, 0.05) is 56.3 Å². The average molecular weight is 411 g/mol. The van der Waals surface area contributed by atoms with E-state index in [1.807, 2.05) is 24.3 Å². The Balaban J connectivity index is 1.59. The van der Waals surface area contributed by atoms with E-state index in [1.165, 1.54) is 6.33 Å². The minimum absolute atomic E-state index is 0.00588. The van der Waals surface area contributed by atoms with Crippen molar-refractivity contribution in [1.29, 1.82) is 0 Å². The molecule has 0 bridgehead atoms. The van der Waals surface area contributed by atoms with Crippen molar-refractivity contribution in [2.75, 3.05) is 31.6 Å². The summed E-state index contributed by atoms with van der Waals surface area (Å²) in [6.45, 7) is 2.27. The highest BCUT2D eigenvalue weighted by molar-refractivity contribution is 7.89. The first kappa shape index (κ1) is 18.7. The molecular formula is C18H23ClN4O3S. The van der Waals surface area contributed by atoms with E-state index in [0.29, 0.717) is 30.6 Å². The number of nitrogens with zero attached hydrogens (tertiary/aromatic N) is 3. The van der Waals surface area contributed by atoms with Crippen molar-refractivity contribution in [3.05, 3.63) is 41.8 Å². The van der Waals surface area contributed by atoms with Gasteiger partial charge in [-0.3, -0.25) is 0 Å². The van der Waals surface area contributed by atoms with Gasteiger partial charge in [-0.1, -0.05) is 17.7 Å². The SMILES string of the molecule is Cn1cnc(S(=O)(=O)N2CC(Nc3cccc(Cl)c3)C(C3CCOC3)C2)c1. The molecule has 9 heteroatoms. The topological polar surface area (TPSA) is 76.5 Å². The van der Waals surface area contributed by atoms with Crippen molar-refractivity contribution in [3.8, 4) is 0 Å². The average Bonchev–Trinajstić information content (AvgIpc) is 3.34. The monoisotopic (exact) mass is 410 g/mol. The molecule has 7 nitrogen and oxygen atoms in total. The van der Waals surface area contributed by atoms with Crippen LogP contribution in [0.5, 0.6) is 0 Å². The van der Waals surface area contributed by atoms with Gasteiger partial charge in [-0.2, -0.15) is 4.31 Å². The van der Waals surface area contributed by atoms with Gasteiger partial charge in [0.25, 0.3) is 10.0 Å². The Hall–Kier alpha value is -1.61. The number of aromatic nitrogens is 2. The molecule has 2 aromatic rings. The van der Waals surface area contributed by atoms with Crippen molar-refractivity contribution in [2.24, 2.45) is 18.9 Å². The number of imidazole rings is 1. The van der Waals surface area contributed by atoms with Crippen molar-refractivity contribution in [2.45, 2.75) is 17.5 Å². The fraction of sp³-hybridized carbons (Fsp3) is 0.500. The third-order valence-electron chi connectivity index (χ3n) is 5.36. The van der Waals surface area contributed by atoms with Crippen LogP contribution in [-0.2, 0) is 21.8 Å². The summed E-state index contributed by atoms with van der Waals surface area (Å²) in [6.07, 6.45) is 4.00.